The number of hydrogen-bond acceptors (Lipinski definition) is 4. The number of hydrogen-bond donors (Lipinski definition) is 1. The molecule has 86 valence electrons. The Morgan fingerprint density at radius 3 is 2.80 bits per heavy atom. The number of nitrogens with one attached hydrogen (secondary N) is 1. The van der Waals surface area contributed by atoms with E-state index in [1.807, 2.05) is 7.05 Å². The number of aromatic nitrogens is 1. The maximum atomic E-state index is 4.58. The maximum Gasteiger partial charge on any atom is 0.107 e. The highest BCUT2D eigenvalue weighted by Gasteiger charge is 2.09. The molecule has 0 saturated carbocycles. The zero-order chi connectivity index (χ0) is 11.3. The first-order valence-electron chi connectivity index (χ1n) is 5.49. The van der Waals surface area contributed by atoms with Crippen molar-refractivity contribution in [3.05, 3.63) is 16.1 Å². The molecule has 1 aromatic rings. The van der Waals surface area contributed by atoms with Crippen molar-refractivity contribution in [2.24, 2.45) is 0 Å². The molecule has 0 spiro atoms. The molecule has 0 radical (unpaired) electrons. The minimum Gasteiger partial charge on any atom is -0.314 e. The molecule has 0 atom stereocenters. The summed E-state index contributed by atoms with van der Waals surface area (Å²) in [6.07, 6.45) is 0. The molecule has 1 aromatic heterocycles. The summed E-state index contributed by atoms with van der Waals surface area (Å²) >= 11 is 1.74. The van der Waals surface area contributed by atoms with Crippen molar-refractivity contribution in [3.63, 3.8) is 0 Å². The van der Waals surface area contributed by atoms with Crippen molar-refractivity contribution in [3.8, 4) is 0 Å². The summed E-state index contributed by atoms with van der Waals surface area (Å²) in [7, 11) is 1.95. The molecule has 1 rings (SSSR count). The van der Waals surface area contributed by atoms with E-state index in [0.29, 0.717) is 6.04 Å². The second-order valence-corrected chi connectivity index (χ2v) is 4.86. The van der Waals surface area contributed by atoms with E-state index in [1.54, 1.807) is 11.3 Å². The van der Waals surface area contributed by atoms with Crippen LogP contribution in [-0.4, -0.2) is 29.5 Å². The van der Waals surface area contributed by atoms with E-state index >= 15 is 0 Å². The van der Waals surface area contributed by atoms with Crippen LogP contribution < -0.4 is 5.32 Å². The molecule has 0 aliphatic rings. The van der Waals surface area contributed by atoms with Crippen LogP contribution in [0.2, 0.25) is 0 Å². The summed E-state index contributed by atoms with van der Waals surface area (Å²) in [5.41, 5.74) is 1.20. The largest absolute Gasteiger partial charge is 0.314 e. The van der Waals surface area contributed by atoms with E-state index in [9.17, 15) is 0 Å². The van der Waals surface area contributed by atoms with Crippen LogP contribution in [0.4, 0.5) is 0 Å². The first-order valence-corrected chi connectivity index (χ1v) is 6.37. The number of rotatable bonds is 6. The topological polar surface area (TPSA) is 28.2 Å². The normalized spacial score (nSPS) is 11.6. The van der Waals surface area contributed by atoms with Gasteiger partial charge >= 0.3 is 0 Å². The third kappa shape index (κ3) is 3.89. The van der Waals surface area contributed by atoms with Crippen LogP contribution in [0, 0.1) is 0 Å². The van der Waals surface area contributed by atoms with E-state index in [2.05, 4.69) is 41.4 Å². The second kappa shape index (κ2) is 6.20. The smallest absolute Gasteiger partial charge is 0.107 e. The first-order chi connectivity index (χ1) is 7.17. The summed E-state index contributed by atoms with van der Waals surface area (Å²) in [5.74, 6) is 0. The Morgan fingerprint density at radius 2 is 2.27 bits per heavy atom. The lowest BCUT2D eigenvalue weighted by atomic mass is 10.3. The highest BCUT2D eigenvalue weighted by molar-refractivity contribution is 7.09. The van der Waals surface area contributed by atoms with Gasteiger partial charge < -0.3 is 5.32 Å². The van der Waals surface area contributed by atoms with Crippen molar-refractivity contribution < 1.29 is 0 Å². The molecule has 1 N–H and O–H groups in total. The lowest BCUT2D eigenvalue weighted by molar-refractivity contribution is 0.222. The quantitative estimate of drug-likeness (QED) is 0.806. The average Bonchev–Trinajstić information content (AvgIpc) is 2.62. The van der Waals surface area contributed by atoms with E-state index in [-0.39, 0.29) is 0 Å². The van der Waals surface area contributed by atoms with Crippen LogP contribution in [-0.2, 0) is 13.1 Å². The molecule has 15 heavy (non-hydrogen) atoms. The van der Waals surface area contributed by atoms with Gasteiger partial charge in [-0.25, -0.2) is 4.98 Å². The Morgan fingerprint density at radius 1 is 1.53 bits per heavy atom. The van der Waals surface area contributed by atoms with Gasteiger partial charge in [0, 0.05) is 24.5 Å². The van der Waals surface area contributed by atoms with Crippen LogP contribution in [0.25, 0.3) is 0 Å². The Labute approximate surface area is 96.5 Å². The van der Waals surface area contributed by atoms with Gasteiger partial charge in [-0.3, -0.25) is 4.90 Å². The molecular formula is C11H21N3S. The van der Waals surface area contributed by atoms with Crippen molar-refractivity contribution >= 4 is 11.3 Å². The van der Waals surface area contributed by atoms with Crippen molar-refractivity contribution in [2.75, 3.05) is 13.6 Å². The first kappa shape index (κ1) is 12.6. The van der Waals surface area contributed by atoms with Crippen molar-refractivity contribution in [2.45, 2.75) is 39.9 Å². The minimum absolute atomic E-state index is 0.587. The summed E-state index contributed by atoms with van der Waals surface area (Å²) < 4.78 is 0. The number of nitrogens with zero attached hydrogens (tertiary/aromatic N) is 2. The fourth-order valence-corrected chi connectivity index (χ4v) is 2.32. The third-order valence-corrected chi connectivity index (χ3v) is 3.33. The molecule has 0 aliphatic heterocycles. The predicted molar refractivity (Wildman–Crippen MR) is 66.1 cm³/mol. The molecule has 4 heteroatoms. The van der Waals surface area contributed by atoms with Gasteiger partial charge in [-0.15, -0.1) is 11.3 Å². The fraction of sp³-hybridized carbons (Fsp3) is 0.727. The Balaban J connectivity index is 2.55. The van der Waals surface area contributed by atoms with E-state index < -0.39 is 0 Å². The molecular weight excluding hydrogens is 206 g/mol. The zero-order valence-electron chi connectivity index (χ0n) is 10.1. The van der Waals surface area contributed by atoms with E-state index in [0.717, 1.165) is 19.6 Å². The van der Waals surface area contributed by atoms with Gasteiger partial charge in [0.25, 0.3) is 0 Å². The lowest BCUT2D eigenvalue weighted by Gasteiger charge is -2.23. The van der Waals surface area contributed by atoms with Gasteiger partial charge in [-0.1, -0.05) is 6.92 Å². The summed E-state index contributed by atoms with van der Waals surface area (Å²) in [6.45, 7) is 9.57. The van der Waals surface area contributed by atoms with Gasteiger partial charge in [0.05, 0.1) is 5.69 Å². The van der Waals surface area contributed by atoms with Gasteiger partial charge in [-0.05, 0) is 27.4 Å². The van der Waals surface area contributed by atoms with E-state index in [4.69, 9.17) is 0 Å². The van der Waals surface area contributed by atoms with Gasteiger partial charge in [-0.2, -0.15) is 0 Å². The molecule has 0 fully saturated rings. The SMILES string of the molecule is CCN(Cc1csc(CNC)n1)C(C)C. The van der Waals surface area contributed by atoms with Gasteiger partial charge in [0.1, 0.15) is 5.01 Å². The Kier molecular flexibility index (Phi) is 5.22. The minimum atomic E-state index is 0.587. The summed E-state index contributed by atoms with van der Waals surface area (Å²) in [5, 5.41) is 6.46. The highest BCUT2D eigenvalue weighted by atomic mass is 32.1. The van der Waals surface area contributed by atoms with Crippen LogP contribution in [0.5, 0.6) is 0 Å². The van der Waals surface area contributed by atoms with Gasteiger partial charge in [0.2, 0.25) is 0 Å². The highest BCUT2D eigenvalue weighted by Crippen LogP contribution is 2.12. The monoisotopic (exact) mass is 227 g/mol. The molecule has 0 saturated heterocycles. The van der Waals surface area contributed by atoms with Crippen molar-refractivity contribution in [1.29, 1.82) is 0 Å². The predicted octanol–water partition coefficient (Wildman–Crippen LogP) is 2.09. The lowest BCUT2D eigenvalue weighted by Crippen LogP contribution is -2.30. The molecule has 0 unspecified atom stereocenters. The molecule has 3 nitrogen and oxygen atoms in total. The summed E-state index contributed by atoms with van der Waals surface area (Å²) in [4.78, 5) is 7.00. The van der Waals surface area contributed by atoms with Crippen LogP contribution in [0.3, 0.4) is 0 Å². The molecule has 0 aliphatic carbocycles. The molecule has 0 bridgehead atoms. The van der Waals surface area contributed by atoms with Gasteiger partial charge in [0.15, 0.2) is 0 Å². The third-order valence-electron chi connectivity index (χ3n) is 2.43. The maximum absolute atomic E-state index is 4.58. The zero-order valence-corrected chi connectivity index (χ0v) is 10.9. The number of thiazole rings is 1. The Bertz CT molecular complexity index is 283. The average molecular weight is 227 g/mol. The molecule has 0 amide bonds. The van der Waals surface area contributed by atoms with Crippen LogP contribution in [0.15, 0.2) is 5.38 Å². The van der Waals surface area contributed by atoms with E-state index in [1.165, 1.54) is 10.7 Å². The van der Waals surface area contributed by atoms with Crippen LogP contribution >= 0.6 is 11.3 Å². The molecule has 0 aromatic carbocycles. The second-order valence-electron chi connectivity index (χ2n) is 3.92. The Hall–Kier alpha value is -0.450. The summed E-state index contributed by atoms with van der Waals surface area (Å²) in [6, 6.07) is 0.587. The standard InChI is InChI=1S/C11H21N3S/c1-5-14(9(2)3)7-10-8-15-11(13-10)6-12-4/h8-9,12H,5-7H2,1-4H3. The fourth-order valence-electron chi connectivity index (χ4n) is 1.52. The molecule has 1 heterocycles. The van der Waals surface area contributed by atoms with Crippen LogP contribution in [0.1, 0.15) is 31.5 Å². The van der Waals surface area contributed by atoms with Crippen molar-refractivity contribution in [1.82, 2.24) is 15.2 Å².